The highest BCUT2D eigenvalue weighted by atomic mass is 16.5. The van der Waals surface area contributed by atoms with E-state index >= 15 is 0 Å². The van der Waals surface area contributed by atoms with Crippen LogP contribution < -0.4 is 5.32 Å². The lowest BCUT2D eigenvalue weighted by atomic mass is 10.1. The van der Waals surface area contributed by atoms with Gasteiger partial charge in [-0.05, 0) is 20.8 Å². The van der Waals surface area contributed by atoms with E-state index in [1.807, 2.05) is 20.8 Å². The molecule has 1 amide bonds. The van der Waals surface area contributed by atoms with E-state index in [4.69, 9.17) is 9.47 Å². The SMILES string of the molecule is CC(C)OC[C@@H]1COCCN1CC1CN(C(=O)O)C(C)CN1. The molecule has 2 aliphatic rings. The maximum absolute atomic E-state index is 11.3. The summed E-state index contributed by atoms with van der Waals surface area (Å²) < 4.78 is 11.3. The van der Waals surface area contributed by atoms with Crippen LogP contribution in [-0.4, -0.2) is 91.2 Å². The first-order valence-corrected chi connectivity index (χ1v) is 8.13. The van der Waals surface area contributed by atoms with Crippen LogP contribution in [0.25, 0.3) is 0 Å². The average Bonchev–Trinajstić information content (AvgIpc) is 2.48. The molecule has 2 rings (SSSR count). The van der Waals surface area contributed by atoms with Crippen molar-refractivity contribution in [2.45, 2.75) is 45.0 Å². The number of hydrogen-bond acceptors (Lipinski definition) is 5. The third-order valence-corrected chi connectivity index (χ3v) is 4.32. The summed E-state index contributed by atoms with van der Waals surface area (Å²) in [4.78, 5) is 15.2. The molecule has 2 fully saturated rings. The summed E-state index contributed by atoms with van der Waals surface area (Å²) in [6.07, 6.45) is -0.624. The van der Waals surface area contributed by atoms with Crippen LogP contribution in [0, 0.1) is 0 Å². The minimum Gasteiger partial charge on any atom is -0.465 e. The van der Waals surface area contributed by atoms with E-state index in [0.29, 0.717) is 26.3 Å². The van der Waals surface area contributed by atoms with Crippen molar-refractivity contribution in [2.24, 2.45) is 0 Å². The highest BCUT2D eigenvalue weighted by Crippen LogP contribution is 2.13. The second-order valence-corrected chi connectivity index (χ2v) is 6.49. The van der Waals surface area contributed by atoms with Crippen LogP contribution in [0.3, 0.4) is 0 Å². The molecule has 2 heterocycles. The van der Waals surface area contributed by atoms with Crippen LogP contribution in [-0.2, 0) is 9.47 Å². The first-order chi connectivity index (χ1) is 10.5. The number of nitrogens with one attached hydrogen (secondary N) is 1. The van der Waals surface area contributed by atoms with Crippen LogP contribution in [0.5, 0.6) is 0 Å². The minimum absolute atomic E-state index is 0.0264. The Morgan fingerprint density at radius 3 is 2.95 bits per heavy atom. The molecule has 0 saturated carbocycles. The summed E-state index contributed by atoms with van der Waals surface area (Å²) in [5, 5.41) is 12.7. The normalized spacial score (nSPS) is 30.7. The molecule has 22 heavy (non-hydrogen) atoms. The lowest BCUT2D eigenvalue weighted by Gasteiger charge is -2.42. The van der Waals surface area contributed by atoms with Gasteiger partial charge in [0.1, 0.15) is 0 Å². The Morgan fingerprint density at radius 1 is 1.50 bits per heavy atom. The molecule has 0 spiro atoms. The van der Waals surface area contributed by atoms with Crippen LogP contribution in [0.15, 0.2) is 0 Å². The van der Waals surface area contributed by atoms with Gasteiger partial charge in [0.15, 0.2) is 0 Å². The maximum Gasteiger partial charge on any atom is 0.407 e. The Balaban J connectivity index is 1.88. The summed E-state index contributed by atoms with van der Waals surface area (Å²) in [7, 11) is 0. The molecule has 0 aliphatic carbocycles. The van der Waals surface area contributed by atoms with Crippen molar-refractivity contribution in [1.82, 2.24) is 15.1 Å². The number of morpholine rings is 1. The van der Waals surface area contributed by atoms with Crippen LogP contribution >= 0.6 is 0 Å². The van der Waals surface area contributed by atoms with Crippen molar-refractivity contribution in [3.8, 4) is 0 Å². The molecule has 0 bridgehead atoms. The van der Waals surface area contributed by atoms with Crippen molar-refractivity contribution in [3.63, 3.8) is 0 Å². The van der Waals surface area contributed by atoms with Gasteiger partial charge in [-0.2, -0.15) is 0 Å². The molecule has 0 aromatic carbocycles. The molecule has 0 radical (unpaired) electrons. The second kappa shape index (κ2) is 8.10. The maximum atomic E-state index is 11.3. The molecule has 7 nitrogen and oxygen atoms in total. The van der Waals surface area contributed by atoms with Gasteiger partial charge in [0.2, 0.25) is 0 Å². The fraction of sp³-hybridized carbons (Fsp3) is 0.933. The van der Waals surface area contributed by atoms with Gasteiger partial charge in [-0.25, -0.2) is 4.79 Å². The number of carbonyl (C=O) groups is 1. The van der Waals surface area contributed by atoms with E-state index in [1.165, 1.54) is 4.90 Å². The van der Waals surface area contributed by atoms with Crippen LogP contribution in [0.1, 0.15) is 20.8 Å². The molecular formula is C15H29N3O4. The summed E-state index contributed by atoms with van der Waals surface area (Å²) in [6.45, 7) is 11.0. The van der Waals surface area contributed by atoms with Gasteiger partial charge < -0.3 is 24.8 Å². The van der Waals surface area contributed by atoms with Gasteiger partial charge in [0, 0.05) is 38.3 Å². The lowest BCUT2D eigenvalue weighted by Crippen LogP contribution is -2.62. The zero-order chi connectivity index (χ0) is 16.1. The minimum atomic E-state index is -0.833. The fourth-order valence-corrected chi connectivity index (χ4v) is 2.99. The topological polar surface area (TPSA) is 74.3 Å². The Kier molecular flexibility index (Phi) is 6.43. The van der Waals surface area contributed by atoms with Gasteiger partial charge >= 0.3 is 6.09 Å². The number of nitrogens with zero attached hydrogens (tertiary/aromatic N) is 2. The molecule has 2 saturated heterocycles. The molecule has 2 N–H and O–H groups in total. The molecule has 2 aliphatic heterocycles. The lowest BCUT2D eigenvalue weighted by molar-refractivity contribution is -0.0586. The van der Waals surface area contributed by atoms with E-state index in [-0.39, 0.29) is 24.2 Å². The quantitative estimate of drug-likeness (QED) is 0.767. The molecule has 7 heteroatoms. The van der Waals surface area contributed by atoms with Gasteiger partial charge in [-0.3, -0.25) is 4.90 Å². The summed E-state index contributed by atoms with van der Waals surface area (Å²) >= 11 is 0. The first kappa shape index (κ1) is 17.5. The van der Waals surface area contributed by atoms with Gasteiger partial charge in [-0.15, -0.1) is 0 Å². The predicted molar refractivity (Wildman–Crippen MR) is 83.3 cm³/mol. The number of amides is 1. The molecular weight excluding hydrogens is 286 g/mol. The van der Waals surface area contributed by atoms with Crippen molar-refractivity contribution in [2.75, 3.05) is 46.0 Å². The van der Waals surface area contributed by atoms with E-state index in [2.05, 4.69) is 10.2 Å². The van der Waals surface area contributed by atoms with Gasteiger partial charge in [0.05, 0.1) is 32.0 Å². The van der Waals surface area contributed by atoms with Crippen molar-refractivity contribution in [1.29, 1.82) is 0 Å². The molecule has 2 unspecified atom stereocenters. The van der Waals surface area contributed by atoms with Gasteiger partial charge in [0.25, 0.3) is 0 Å². The molecule has 0 aromatic rings. The number of carboxylic acid groups (broad SMARTS) is 1. The average molecular weight is 315 g/mol. The third kappa shape index (κ3) is 4.81. The first-order valence-electron chi connectivity index (χ1n) is 8.13. The highest BCUT2D eigenvalue weighted by molar-refractivity contribution is 5.65. The Bertz CT molecular complexity index is 367. The highest BCUT2D eigenvalue weighted by Gasteiger charge is 2.32. The van der Waals surface area contributed by atoms with Crippen LogP contribution in [0.2, 0.25) is 0 Å². The number of piperazine rings is 1. The Labute approximate surface area is 132 Å². The smallest absolute Gasteiger partial charge is 0.407 e. The summed E-state index contributed by atoms with van der Waals surface area (Å²) in [5.74, 6) is 0. The number of ether oxygens (including phenoxy) is 2. The third-order valence-electron chi connectivity index (χ3n) is 4.32. The number of rotatable bonds is 5. The van der Waals surface area contributed by atoms with E-state index in [0.717, 1.165) is 19.7 Å². The number of hydrogen-bond donors (Lipinski definition) is 2. The Hall–Kier alpha value is -0.890. The summed E-state index contributed by atoms with van der Waals surface area (Å²) in [6, 6.07) is 0.432. The van der Waals surface area contributed by atoms with Crippen LogP contribution in [0.4, 0.5) is 4.79 Å². The fourth-order valence-electron chi connectivity index (χ4n) is 2.99. The van der Waals surface area contributed by atoms with Crippen molar-refractivity contribution >= 4 is 6.09 Å². The zero-order valence-electron chi connectivity index (χ0n) is 13.8. The standard InChI is InChI=1S/C15H29N3O4/c1-11(2)22-10-14-9-21-5-4-17(14)7-13-8-18(15(19)20)12(3)6-16-13/h11-14,16H,4-10H2,1-3H3,(H,19,20)/t12?,13?,14-/m0/s1. The molecule has 0 aromatic heterocycles. The predicted octanol–water partition coefficient (Wildman–Crippen LogP) is 0.453. The zero-order valence-corrected chi connectivity index (χ0v) is 13.8. The van der Waals surface area contributed by atoms with E-state index in [1.54, 1.807) is 0 Å². The largest absolute Gasteiger partial charge is 0.465 e. The monoisotopic (exact) mass is 315 g/mol. The van der Waals surface area contributed by atoms with Crippen molar-refractivity contribution in [3.05, 3.63) is 0 Å². The summed E-state index contributed by atoms with van der Waals surface area (Å²) in [5.41, 5.74) is 0. The van der Waals surface area contributed by atoms with E-state index < -0.39 is 6.09 Å². The second-order valence-electron chi connectivity index (χ2n) is 6.49. The molecule has 3 atom stereocenters. The van der Waals surface area contributed by atoms with Crippen molar-refractivity contribution < 1.29 is 19.4 Å². The van der Waals surface area contributed by atoms with E-state index in [9.17, 15) is 9.90 Å². The molecule has 128 valence electrons. The van der Waals surface area contributed by atoms with Gasteiger partial charge in [-0.1, -0.05) is 0 Å². The Morgan fingerprint density at radius 2 is 2.27 bits per heavy atom.